The van der Waals surface area contributed by atoms with Crippen molar-refractivity contribution < 1.29 is 57.8 Å². The number of carbonyl (C=O) groups is 3. The van der Waals surface area contributed by atoms with Gasteiger partial charge in [0.1, 0.15) is 51.6 Å². The number of aromatic nitrogens is 1. The molecule has 0 saturated heterocycles. The molecule has 2 aromatic carbocycles. The van der Waals surface area contributed by atoms with Crippen LogP contribution in [0.1, 0.15) is 92.1 Å². The molecule has 15 heteroatoms. The molecule has 4 aliphatic rings. The first-order chi connectivity index (χ1) is 29.4. The van der Waals surface area contributed by atoms with E-state index < -0.39 is 64.5 Å². The van der Waals surface area contributed by atoms with Crippen LogP contribution in [0.25, 0.3) is 33.3 Å². The van der Waals surface area contributed by atoms with Gasteiger partial charge in [-0.3, -0.25) is 19.2 Å². The molecule has 4 N–H and O–H groups in total. The Kier molecular flexibility index (Phi) is 12.8. The molecule has 3 aliphatic heterocycles. The fourth-order valence-corrected chi connectivity index (χ4v) is 8.49. The number of amides is 1. The molecule has 0 aromatic heterocycles. The molecule has 4 bridgehead atoms. The van der Waals surface area contributed by atoms with Gasteiger partial charge in [0.2, 0.25) is 5.43 Å². The lowest BCUT2D eigenvalue weighted by Gasteiger charge is -2.39. The van der Waals surface area contributed by atoms with Crippen LogP contribution in [0.3, 0.4) is 0 Å². The number of ketones is 1. The number of allylic oxidation sites excluding steroid dienone is 2. The highest BCUT2D eigenvalue weighted by molar-refractivity contribution is 6.22. The summed E-state index contributed by atoms with van der Waals surface area (Å²) in [5.74, 6) is -6.53. The third-order valence-corrected chi connectivity index (χ3v) is 12.4. The van der Waals surface area contributed by atoms with Crippen LogP contribution in [0.15, 0.2) is 57.5 Å². The molecular formula is C48H58N2O13. The zero-order valence-electron chi connectivity index (χ0n) is 38.0. The largest absolute Gasteiger partial charge is 0.507 e. The van der Waals surface area contributed by atoms with Crippen molar-refractivity contribution in [3.8, 4) is 34.5 Å². The topological polar surface area (TPSA) is 213 Å². The SMILES string of the molecule is CO[C@H]1/C=C/O[C@@]2(C)Oc3c(C)c(O)c4c(=O)c(c5oc6cc(OC(C)(C)C)cc(O)c6nc-5c4c3C2=O)NC(=O)/C(C)=C\C=C\[C@H](C)[C@H](O)[C@@H](C)[C@@H](C)[C@@H](C)[C@H](OC(C)=O)[C@@H]1C. The Hall–Kier alpha value is -5.93. The molecule has 0 spiro atoms. The third kappa shape index (κ3) is 8.72. The molecule has 6 rings (SSSR count). The number of hydrogen-bond donors (Lipinski definition) is 4. The number of methoxy groups -OCH3 is 1. The molecule has 1 amide bonds. The van der Waals surface area contributed by atoms with E-state index in [1.54, 1.807) is 18.2 Å². The predicted octanol–water partition coefficient (Wildman–Crippen LogP) is 8.11. The van der Waals surface area contributed by atoms with E-state index in [-0.39, 0.29) is 96.6 Å². The summed E-state index contributed by atoms with van der Waals surface area (Å²) in [6.07, 6.45) is 5.54. The molecule has 63 heavy (non-hydrogen) atoms. The van der Waals surface area contributed by atoms with E-state index in [1.807, 2.05) is 55.4 Å². The highest BCUT2D eigenvalue weighted by atomic mass is 16.7. The number of benzene rings is 3. The van der Waals surface area contributed by atoms with Gasteiger partial charge in [-0.1, -0.05) is 52.8 Å². The van der Waals surface area contributed by atoms with Gasteiger partial charge in [0, 0.05) is 61.4 Å². The number of Topliss-reactive ketones (excluding diaryl/α,β-unsaturated/α-hetero) is 1. The summed E-state index contributed by atoms with van der Waals surface area (Å²) in [7, 11) is 1.49. The molecule has 0 radical (unpaired) electrons. The van der Waals surface area contributed by atoms with Gasteiger partial charge in [0.05, 0.1) is 29.4 Å². The number of esters is 1. The molecule has 2 aromatic rings. The number of ether oxygens (including phenoxy) is 5. The summed E-state index contributed by atoms with van der Waals surface area (Å²) in [4.78, 5) is 60.6. The number of anilines is 1. The number of nitrogens with zero attached hydrogens (tertiary/aromatic N) is 1. The minimum Gasteiger partial charge on any atom is -0.507 e. The number of aliphatic hydroxyl groups is 1. The van der Waals surface area contributed by atoms with Gasteiger partial charge in [0.15, 0.2) is 11.3 Å². The first-order valence-electron chi connectivity index (χ1n) is 21.0. The second-order valence-electron chi connectivity index (χ2n) is 18.1. The number of fused-ring (bicyclic) bond motifs is 2. The van der Waals surface area contributed by atoms with Gasteiger partial charge in [0.25, 0.3) is 11.7 Å². The molecule has 0 unspecified atom stereocenters. The van der Waals surface area contributed by atoms with Crippen LogP contribution < -0.4 is 20.2 Å². The van der Waals surface area contributed by atoms with Gasteiger partial charge in [-0.25, -0.2) is 4.98 Å². The Balaban J connectivity index is 1.62. The van der Waals surface area contributed by atoms with E-state index in [1.165, 1.54) is 59.3 Å². The standard InChI is InChI=1S/C48H58N2O13/c1-21-15-14-16-22(2)46(57)50-38-41(55)34-33(37-44(38)61-32-20-29(62-47(9,10)11)19-30(52)36(32)49-37)35-43(27(7)40(34)54)63-48(12,45(35)56)59-18-17-31(58-13)26(6)42(60-28(8)51)25(5)23(3)24(4)39(21)53/h14-21,23-26,31,39,42,52-54H,1-13H3,(H,50,57)/b15-14+,18-17+,22-16-/t21-,23+,24-,25+,26+,31-,39-,42-,48-/m0/s1. The molecule has 0 fully saturated rings. The minimum atomic E-state index is -2.05. The van der Waals surface area contributed by atoms with Crippen LogP contribution in [0.2, 0.25) is 0 Å². The number of aromatic hydroxyl groups is 2. The fourth-order valence-electron chi connectivity index (χ4n) is 8.49. The van der Waals surface area contributed by atoms with Gasteiger partial charge in [-0.2, -0.15) is 0 Å². The lowest BCUT2D eigenvalue weighted by atomic mass is 9.73. The Morgan fingerprint density at radius 1 is 0.952 bits per heavy atom. The number of hydrogen-bond acceptors (Lipinski definition) is 14. The van der Waals surface area contributed by atoms with Crippen LogP contribution in [0, 0.1) is 36.5 Å². The number of carbonyl (C=O) groups excluding carboxylic acids is 3. The lowest BCUT2D eigenvalue weighted by Crippen LogP contribution is -2.43. The van der Waals surface area contributed by atoms with Gasteiger partial charge in [-0.05, 0) is 58.4 Å². The van der Waals surface area contributed by atoms with Crippen molar-refractivity contribution >= 4 is 45.2 Å². The Labute approximate surface area is 366 Å². The van der Waals surface area contributed by atoms with Gasteiger partial charge < -0.3 is 48.7 Å². The highest BCUT2D eigenvalue weighted by Gasteiger charge is 2.50. The quantitative estimate of drug-likeness (QED) is 0.0870. The van der Waals surface area contributed by atoms with Crippen molar-refractivity contribution in [2.24, 2.45) is 29.6 Å². The van der Waals surface area contributed by atoms with Crippen molar-refractivity contribution in [2.45, 2.75) is 113 Å². The van der Waals surface area contributed by atoms with Crippen LogP contribution in [-0.4, -0.2) is 74.8 Å². The summed E-state index contributed by atoms with van der Waals surface area (Å²) in [5, 5.41) is 36.7. The summed E-state index contributed by atoms with van der Waals surface area (Å²) in [6, 6.07) is 2.83. The monoisotopic (exact) mass is 870 g/mol. The van der Waals surface area contributed by atoms with Crippen molar-refractivity contribution in [3.63, 3.8) is 0 Å². The second kappa shape index (κ2) is 17.3. The van der Waals surface area contributed by atoms with E-state index in [2.05, 4.69) is 5.32 Å². The first kappa shape index (κ1) is 46.6. The van der Waals surface area contributed by atoms with Crippen LogP contribution in [0.5, 0.6) is 23.0 Å². The van der Waals surface area contributed by atoms with Crippen molar-refractivity contribution in [3.05, 3.63) is 69.6 Å². The van der Waals surface area contributed by atoms with E-state index in [0.717, 1.165) is 0 Å². The Morgan fingerprint density at radius 3 is 2.27 bits per heavy atom. The molecular weight excluding hydrogens is 813 g/mol. The summed E-state index contributed by atoms with van der Waals surface area (Å²) in [6.45, 7) is 20.7. The zero-order chi connectivity index (χ0) is 46.6. The number of nitrogens with one attached hydrogen (secondary N) is 1. The van der Waals surface area contributed by atoms with Crippen molar-refractivity contribution in [2.75, 3.05) is 12.4 Å². The molecule has 338 valence electrons. The van der Waals surface area contributed by atoms with E-state index in [0.29, 0.717) is 0 Å². The normalized spacial score (nSPS) is 29.2. The summed E-state index contributed by atoms with van der Waals surface area (Å²) < 4.78 is 36.4. The molecule has 1 aliphatic carbocycles. The average molecular weight is 871 g/mol. The van der Waals surface area contributed by atoms with Crippen LogP contribution in [-0.2, 0) is 23.8 Å². The zero-order valence-corrected chi connectivity index (χ0v) is 38.0. The summed E-state index contributed by atoms with van der Waals surface area (Å²) >= 11 is 0. The second-order valence-corrected chi connectivity index (χ2v) is 18.1. The first-order valence-corrected chi connectivity index (χ1v) is 21.0. The number of phenols is 2. The van der Waals surface area contributed by atoms with Crippen LogP contribution >= 0.6 is 0 Å². The average Bonchev–Trinajstić information content (AvgIpc) is 3.47. The fraction of sp³-hybridized carbons (Fsp3) is 0.479. The Morgan fingerprint density at radius 2 is 1.63 bits per heavy atom. The number of rotatable bonds is 3. The van der Waals surface area contributed by atoms with E-state index in [9.17, 15) is 34.5 Å². The predicted molar refractivity (Wildman–Crippen MR) is 236 cm³/mol. The maximum atomic E-state index is 14.7. The van der Waals surface area contributed by atoms with E-state index >= 15 is 0 Å². The minimum absolute atomic E-state index is 0.0171. The maximum absolute atomic E-state index is 14.7. The molecule has 9 atom stereocenters. The highest BCUT2D eigenvalue weighted by Crippen LogP contribution is 2.51. The van der Waals surface area contributed by atoms with Crippen molar-refractivity contribution in [1.29, 1.82) is 0 Å². The maximum Gasteiger partial charge on any atom is 0.312 e. The number of phenolic OH excluding ortho intramolecular Hbond substituents is 2. The third-order valence-electron chi connectivity index (χ3n) is 12.4. The number of aliphatic hydroxyl groups excluding tert-OH is 1. The van der Waals surface area contributed by atoms with Gasteiger partial charge in [-0.15, -0.1) is 0 Å². The molecule has 0 saturated carbocycles. The van der Waals surface area contributed by atoms with Gasteiger partial charge >= 0.3 is 11.8 Å². The van der Waals surface area contributed by atoms with E-state index in [4.69, 9.17) is 33.1 Å². The van der Waals surface area contributed by atoms with Crippen molar-refractivity contribution in [1.82, 2.24) is 4.98 Å². The smallest absolute Gasteiger partial charge is 0.312 e. The molecule has 3 heterocycles. The lowest BCUT2D eigenvalue weighted by molar-refractivity contribution is -0.157. The molecule has 15 nitrogen and oxygen atoms in total. The van der Waals surface area contributed by atoms with Crippen LogP contribution in [0.4, 0.5) is 5.69 Å². The Bertz CT molecular complexity index is 2600. The summed E-state index contributed by atoms with van der Waals surface area (Å²) in [5.41, 5.74) is -2.14.